The molecule has 146 valence electrons. The lowest BCUT2D eigenvalue weighted by Crippen LogP contribution is -2.41. The average Bonchev–Trinajstić information content (AvgIpc) is 2.62. The first-order valence-corrected chi connectivity index (χ1v) is 12.5. The number of aliphatic hydroxyl groups is 1. The fourth-order valence-electron chi connectivity index (χ4n) is 2.72. The SMILES string of the molecule is C=C(C[C@H](O)c1cccnc1)[C@H](CO[Si](C)(C)C(C)(C)C)c1ccccc1. The van der Waals surface area contributed by atoms with Gasteiger partial charge in [0.25, 0.3) is 0 Å². The minimum Gasteiger partial charge on any atom is -0.416 e. The molecule has 4 heteroatoms. The minimum atomic E-state index is -1.86. The Bertz CT molecular complexity index is 723. The lowest BCUT2D eigenvalue weighted by molar-refractivity contribution is 0.173. The summed E-state index contributed by atoms with van der Waals surface area (Å²) < 4.78 is 6.50. The number of rotatable bonds is 8. The zero-order valence-corrected chi connectivity index (χ0v) is 18.3. The molecule has 1 N–H and O–H groups in total. The summed E-state index contributed by atoms with van der Waals surface area (Å²) in [6, 6.07) is 14.1. The highest BCUT2D eigenvalue weighted by Gasteiger charge is 2.38. The number of hydrogen-bond acceptors (Lipinski definition) is 3. The zero-order valence-electron chi connectivity index (χ0n) is 17.3. The molecule has 0 bridgehead atoms. The second-order valence-corrected chi connectivity index (χ2v) is 13.5. The first-order valence-electron chi connectivity index (χ1n) is 9.56. The molecule has 0 radical (unpaired) electrons. The second-order valence-electron chi connectivity index (χ2n) is 8.70. The van der Waals surface area contributed by atoms with Crippen molar-refractivity contribution in [3.8, 4) is 0 Å². The largest absolute Gasteiger partial charge is 0.416 e. The third-order valence-electron chi connectivity index (χ3n) is 5.64. The van der Waals surface area contributed by atoms with Crippen molar-refractivity contribution in [3.05, 3.63) is 78.1 Å². The molecule has 2 rings (SSSR count). The Labute approximate surface area is 165 Å². The predicted molar refractivity (Wildman–Crippen MR) is 115 cm³/mol. The van der Waals surface area contributed by atoms with Crippen molar-refractivity contribution in [1.29, 1.82) is 0 Å². The Kier molecular flexibility index (Phi) is 7.15. The fraction of sp³-hybridized carbons (Fsp3) is 0.435. The number of aromatic nitrogens is 1. The van der Waals surface area contributed by atoms with Crippen LogP contribution in [-0.2, 0) is 4.43 Å². The van der Waals surface area contributed by atoms with Crippen LogP contribution in [0.25, 0.3) is 0 Å². The molecule has 0 aliphatic heterocycles. The summed E-state index contributed by atoms with van der Waals surface area (Å²) in [6.07, 6.45) is 3.31. The molecular weight excluding hydrogens is 350 g/mol. The van der Waals surface area contributed by atoms with Crippen LogP contribution >= 0.6 is 0 Å². The van der Waals surface area contributed by atoms with Gasteiger partial charge in [0.2, 0.25) is 0 Å². The zero-order chi connectivity index (χ0) is 20.1. The van der Waals surface area contributed by atoms with E-state index in [1.165, 1.54) is 5.56 Å². The molecule has 2 aromatic rings. The summed E-state index contributed by atoms with van der Waals surface area (Å²) in [4.78, 5) is 4.10. The van der Waals surface area contributed by atoms with Crippen molar-refractivity contribution < 1.29 is 9.53 Å². The molecule has 1 heterocycles. The summed E-state index contributed by atoms with van der Waals surface area (Å²) in [5.41, 5.74) is 2.98. The molecule has 0 fully saturated rings. The number of pyridine rings is 1. The van der Waals surface area contributed by atoms with Crippen molar-refractivity contribution in [3.63, 3.8) is 0 Å². The van der Waals surface area contributed by atoms with Crippen molar-refractivity contribution in [2.45, 2.75) is 57.3 Å². The fourth-order valence-corrected chi connectivity index (χ4v) is 3.74. The van der Waals surface area contributed by atoms with Gasteiger partial charge in [0.15, 0.2) is 8.32 Å². The summed E-state index contributed by atoms with van der Waals surface area (Å²) in [6.45, 7) is 16.2. The number of aliphatic hydroxyl groups excluding tert-OH is 1. The maximum absolute atomic E-state index is 10.6. The van der Waals surface area contributed by atoms with Gasteiger partial charge in [-0.3, -0.25) is 4.98 Å². The van der Waals surface area contributed by atoms with Gasteiger partial charge in [0.1, 0.15) is 0 Å². The summed E-state index contributed by atoms with van der Waals surface area (Å²) in [7, 11) is -1.86. The van der Waals surface area contributed by atoms with Crippen molar-refractivity contribution in [1.82, 2.24) is 4.98 Å². The molecule has 0 spiro atoms. The molecular formula is C23H33NO2Si. The third kappa shape index (κ3) is 5.86. The van der Waals surface area contributed by atoms with Crippen LogP contribution in [0.1, 0.15) is 50.3 Å². The van der Waals surface area contributed by atoms with E-state index in [0.29, 0.717) is 13.0 Å². The Hall–Kier alpha value is -1.75. The van der Waals surface area contributed by atoms with Gasteiger partial charge in [-0.15, -0.1) is 0 Å². The summed E-state index contributed by atoms with van der Waals surface area (Å²) in [5, 5.41) is 10.8. The van der Waals surface area contributed by atoms with E-state index in [4.69, 9.17) is 4.43 Å². The van der Waals surface area contributed by atoms with Crippen LogP contribution in [0.2, 0.25) is 18.1 Å². The Balaban J connectivity index is 2.16. The van der Waals surface area contributed by atoms with Crippen LogP contribution in [0.15, 0.2) is 67.0 Å². The molecule has 27 heavy (non-hydrogen) atoms. The summed E-state index contributed by atoms with van der Waals surface area (Å²) in [5.74, 6) is 0.0617. The van der Waals surface area contributed by atoms with Gasteiger partial charge in [0, 0.05) is 24.9 Å². The highest BCUT2D eigenvalue weighted by Crippen LogP contribution is 2.38. The van der Waals surface area contributed by atoms with Crippen molar-refractivity contribution in [2.75, 3.05) is 6.61 Å². The van der Waals surface area contributed by atoms with E-state index in [-0.39, 0.29) is 11.0 Å². The van der Waals surface area contributed by atoms with Crippen LogP contribution in [0.5, 0.6) is 0 Å². The average molecular weight is 384 g/mol. The quantitative estimate of drug-likeness (QED) is 0.458. The van der Waals surface area contributed by atoms with Gasteiger partial charge in [-0.2, -0.15) is 0 Å². The third-order valence-corrected chi connectivity index (χ3v) is 10.1. The van der Waals surface area contributed by atoms with Gasteiger partial charge in [0.05, 0.1) is 6.10 Å². The highest BCUT2D eigenvalue weighted by molar-refractivity contribution is 6.74. The van der Waals surface area contributed by atoms with E-state index < -0.39 is 14.4 Å². The lowest BCUT2D eigenvalue weighted by Gasteiger charge is -2.37. The van der Waals surface area contributed by atoms with Crippen molar-refractivity contribution >= 4 is 8.32 Å². The summed E-state index contributed by atoms with van der Waals surface area (Å²) >= 11 is 0. The van der Waals surface area contributed by atoms with E-state index in [2.05, 4.69) is 57.6 Å². The maximum Gasteiger partial charge on any atom is 0.192 e. The molecule has 0 unspecified atom stereocenters. The van der Waals surface area contributed by atoms with Gasteiger partial charge in [-0.1, -0.05) is 69.3 Å². The van der Waals surface area contributed by atoms with Gasteiger partial charge in [-0.05, 0) is 41.7 Å². The molecule has 0 saturated carbocycles. The van der Waals surface area contributed by atoms with E-state index in [9.17, 15) is 5.11 Å². The first-order chi connectivity index (χ1) is 12.6. The minimum absolute atomic E-state index is 0.0617. The van der Waals surface area contributed by atoms with Gasteiger partial charge < -0.3 is 9.53 Å². The molecule has 1 aromatic heterocycles. The van der Waals surface area contributed by atoms with Crippen LogP contribution < -0.4 is 0 Å². The van der Waals surface area contributed by atoms with Gasteiger partial charge >= 0.3 is 0 Å². The van der Waals surface area contributed by atoms with Crippen LogP contribution in [-0.4, -0.2) is 25.0 Å². The normalized spacial score (nSPS) is 14.6. The smallest absolute Gasteiger partial charge is 0.192 e. The number of hydrogen-bond donors (Lipinski definition) is 1. The molecule has 3 nitrogen and oxygen atoms in total. The molecule has 0 aliphatic rings. The molecule has 0 aliphatic carbocycles. The molecule has 1 aromatic carbocycles. The highest BCUT2D eigenvalue weighted by atomic mass is 28.4. The Morgan fingerprint density at radius 2 is 1.74 bits per heavy atom. The van der Waals surface area contributed by atoms with E-state index >= 15 is 0 Å². The lowest BCUT2D eigenvalue weighted by atomic mass is 9.88. The Morgan fingerprint density at radius 3 is 2.30 bits per heavy atom. The number of benzene rings is 1. The molecule has 0 saturated heterocycles. The van der Waals surface area contributed by atoms with Crippen LogP contribution in [0.3, 0.4) is 0 Å². The standard InChI is InChI=1S/C23H33NO2Si/c1-18(15-22(25)20-13-10-14-24-16-20)21(19-11-8-7-9-12-19)17-26-27(5,6)23(2,3)4/h7-14,16,21-22,25H,1,15,17H2,2-6H3/t21-,22-/m0/s1. The Morgan fingerprint density at radius 1 is 1.11 bits per heavy atom. The first kappa shape index (κ1) is 21.5. The monoisotopic (exact) mass is 383 g/mol. The van der Waals surface area contributed by atoms with Crippen molar-refractivity contribution in [2.24, 2.45) is 0 Å². The second kappa shape index (κ2) is 8.96. The van der Waals surface area contributed by atoms with Crippen LogP contribution in [0, 0.1) is 0 Å². The predicted octanol–water partition coefficient (Wildman–Crippen LogP) is 5.87. The van der Waals surface area contributed by atoms with E-state index in [1.807, 2.05) is 30.3 Å². The molecule has 0 amide bonds. The van der Waals surface area contributed by atoms with Crippen LogP contribution in [0.4, 0.5) is 0 Å². The van der Waals surface area contributed by atoms with Gasteiger partial charge in [-0.25, -0.2) is 0 Å². The topological polar surface area (TPSA) is 42.4 Å². The van der Waals surface area contributed by atoms with E-state index in [1.54, 1.807) is 12.4 Å². The number of nitrogens with zero attached hydrogens (tertiary/aromatic N) is 1. The van der Waals surface area contributed by atoms with E-state index in [0.717, 1.165) is 11.1 Å². The maximum atomic E-state index is 10.6. The molecule has 2 atom stereocenters.